The highest BCUT2D eigenvalue weighted by atomic mass is 32.1. The lowest BCUT2D eigenvalue weighted by Crippen LogP contribution is -2.34. The van der Waals surface area contributed by atoms with E-state index in [-0.39, 0.29) is 16.4 Å². The van der Waals surface area contributed by atoms with Crippen LogP contribution in [-0.4, -0.2) is 22.5 Å². The fourth-order valence-electron chi connectivity index (χ4n) is 2.84. The Kier molecular flexibility index (Phi) is 7.67. The number of nitrogens with one attached hydrogen (secondary N) is 2. The summed E-state index contributed by atoms with van der Waals surface area (Å²) in [5.74, 6) is 0.213. The zero-order valence-electron chi connectivity index (χ0n) is 16.6. The Morgan fingerprint density at radius 1 is 1.00 bits per heavy atom. The molecule has 158 valence electrons. The average Bonchev–Trinajstić information content (AvgIpc) is 2.78. The van der Waals surface area contributed by atoms with Crippen LogP contribution in [0.15, 0.2) is 78.9 Å². The fraction of sp³-hybridized carbons (Fsp3) is 0.130. The molecule has 0 saturated heterocycles. The summed E-state index contributed by atoms with van der Waals surface area (Å²) in [6, 6.07) is 22.9. The molecule has 0 unspecified atom stereocenters. The van der Waals surface area contributed by atoms with Crippen LogP contribution in [0.5, 0.6) is 5.75 Å². The lowest BCUT2D eigenvalue weighted by atomic mass is 10.1. The number of rotatable bonds is 8. The standard InChI is InChI=1S/C23H21N3O4S/c27-22(18-9-4-10-20(16-18)26(28)29)25-23(31)24-19-11-13-21(14-12-19)30-15-5-8-17-6-2-1-3-7-17/h1-4,6-7,9-14,16H,5,8,15H2,(H2,24,25,27,31). The molecule has 0 saturated carbocycles. The monoisotopic (exact) mass is 435 g/mol. The van der Waals surface area contributed by atoms with Crippen molar-refractivity contribution in [3.63, 3.8) is 0 Å². The van der Waals surface area contributed by atoms with Gasteiger partial charge in [0.05, 0.1) is 11.5 Å². The zero-order chi connectivity index (χ0) is 22.1. The molecule has 0 bridgehead atoms. The maximum Gasteiger partial charge on any atom is 0.270 e. The molecule has 0 spiro atoms. The molecule has 8 heteroatoms. The number of non-ortho nitro benzene ring substituents is 1. The van der Waals surface area contributed by atoms with Crippen molar-refractivity contribution in [1.82, 2.24) is 5.32 Å². The van der Waals surface area contributed by atoms with Crippen molar-refractivity contribution in [3.8, 4) is 5.75 Å². The van der Waals surface area contributed by atoms with E-state index in [2.05, 4.69) is 22.8 Å². The van der Waals surface area contributed by atoms with Gasteiger partial charge in [-0.25, -0.2) is 0 Å². The van der Waals surface area contributed by atoms with Crippen LogP contribution in [0.2, 0.25) is 0 Å². The second-order valence-electron chi connectivity index (χ2n) is 6.68. The van der Waals surface area contributed by atoms with Crippen LogP contribution in [0.1, 0.15) is 22.3 Å². The maximum atomic E-state index is 12.2. The van der Waals surface area contributed by atoms with Gasteiger partial charge in [0, 0.05) is 23.4 Å². The number of nitro groups is 1. The molecule has 0 aromatic heterocycles. The average molecular weight is 436 g/mol. The second-order valence-corrected chi connectivity index (χ2v) is 7.09. The number of nitrogens with zero attached hydrogens (tertiary/aromatic N) is 1. The van der Waals surface area contributed by atoms with Crippen LogP contribution in [-0.2, 0) is 6.42 Å². The Morgan fingerprint density at radius 3 is 2.45 bits per heavy atom. The first kappa shape index (κ1) is 21.9. The largest absolute Gasteiger partial charge is 0.494 e. The van der Waals surface area contributed by atoms with Crippen molar-refractivity contribution in [2.24, 2.45) is 0 Å². The van der Waals surface area contributed by atoms with Gasteiger partial charge in [-0.05, 0) is 61.0 Å². The smallest absolute Gasteiger partial charge is 0.270 e. The first-order valence-corrected chi connectivity index (χ1v) is 10.1. The van der Waals surface area contributed by atoms with Gasteiger partial charge in [-0.1, -0.05) is 36.4 Å². The molecule has 0 fully saturated rings. The third-order valence-corrected chi connectivity index (χ3v) is 4.58. The van der Waals surface area contributed by atoms with Crippen molar-refractivity contribution in [2.45, 2.75) is 12.8 Å². The van der Waals surface area contributed by atoms with Crippen LogP contribution >= 0.6 is 12.2 Å². The number of hydrogen-bond donors (Lipinski definition) is 2. The van der Waals surface area contributed by atoms with E-state index in [9.17, 15) is 14.9 Å². The summed E-state index contributed by atoms with van der Waals surface area (Å²) in [7, 11) is 0. The van der Waals surface area contributed by atoms with Gasteiger partial charge in [0.2, 0.25) is 0 Å². The van der Waals surface area contributed by atoms with Crippen LogP contribution in [0.4, 0.5) is 11.4 Å². The Hall–Kier alpha value is -3.78. The summed E-state index contributed by atoms with van der Waals surface area (Å²) in [5.41, 5.74) is 1.95. The predicted molar refractivity (Wildman–Crippen MR) is 123 cm³/mol. The van der Waals surface area contributed by atoms with E-state index in [0.29, 0.717) is 12.3 Å². The highest BCUT2D eigenvalue weighted by Gasteiger charge is 2.12. The van der Waals surface area contributed by atoms with Crippen molar-refractivity contribution in [3.05, 3.63) is 100 Å². The Labute approximate surface area is 185 Å². The van der Waals surface area contributed by atoms with Crippen LogP contribution in [0.3, 0.4) is 0 Å². The molecule has 0 heterocycles. The van der Waals surface area contributed by atoms with E-state index in [0.717, 1.165) is 18.6 Å². The molecule has 0 aliphatic heterocycles. The molecule has 0 radical (unpaired) electrons. The molecule has 3 rings (SSSR count). The number of carbonyl (C=O) groups is 1. The summed E-state index contributed by atoms with van der Waals surface area (Å²) < 4.78 is 5.76. The molecule has 3 aromatic carbocycles. The second kappa shape index (κ2) is 10.8. The number of thiocarbonyl (C=S) groups is 1. The number of aryl methyl sites for hydroxylation is 1. The van der Waals surface area contributed by atoms with Crippen molar-refractivity contribution in [2.75, 3.05) is 11.9 Å². The van der Waals surface area contributed by atoms with E-state index >= 15 is 0 Å². The summed E-state index contributed by atoms with van der Waals surface area (Å²) >= 11 is 5.15. The third kappa shape index (κ3) is 6.90. The Balaban J connectivity index is 1.44. The van der Waals surface area contributed by atoms with E-state index < -0.39 is 10.8 Å². The summed E-state index contributed by atoms with van der Waals surface area (Å²) in [6.45, 7) is 0.610. The van der Waals surface area contributed by atoms with Gasteiger partial charge in [0.25, 0.3) is 11.6 Å². The molecular weight excluding hydrogens is 414 g/mol. The Morgan fingerprint density at radius 2 is 1.74 bits per heavy atom. The topological polar surface area (TPSA) is 93.5 Å². The Bertz CT molecular complexity index is 1060. The molecule has 7 nitrogen and oxygen atoms in total. The van der Waals surface area contributed by atoms with Crippen LogP contribution in [0, 0.1) is 10.1 Å². The molecule has 31 heavy (non-hydrogen) atoms. The number of benzene rings is 3. The molecular formula is C23H21N3O4S. The van der Waals surface area contributed by atoms with Gasteiger partial charge in [0.15, 0.2) is 5.11 Å². The minimum Gasteiger partial charge on any atom is -0.494 e. The minimum atomic E-state index is -0.557. The van der Waals surface area contributed by atoms with Crippen molar-refractivity contribution in [1.29, 1.82) is 0 Å². The van der Waals surface area contributed by atoms with Crippen molar-refractivity contribution >= 4 is 34.6 Å². The van der Waals surface area contributed by atoms with Crippen LogP contribution in [0.25, 0.3) is 0 Å². The lowest BCUT2D eigenvalue weighted by molar-refractivity contribution is -0.384. The number of ether oxygens (including phenoxy) is 1. The zero-order valence-corrected chi connectivity index (χ0v) is 17.4. The molecule has 0 aliphatic rings. The number of carbonyl (C=O) groups excluding carboxylic acids is 1. The molecule has 1 amide bonds. The summed E-state index contributed by atoms with van der Waals surface area (Å²) in [6.07, 6.45) is 1.87. The van der Waals surface area contributed by atoms with Crippen molar-refractivity contribution < 1.29 is 14.5 Å². The predicted octanol–water partition coefficient (Wildman–Crippen LogP) is 4.73. The van der Waals surface area contributed by atoms with E-state index in [1.54, 1.807) is 12.1 Å². The third-order valence-electron chi connectivity index (χ3n) is 4.38. The summed E-state index contributed by atoms with van der Waals surface area (Å²) in [4.78, 5) is 22.5. The first-order valence-electron chi connectivity index (χ1n) is 9.65. The molecule has 0 atom stereocenters. The van der Waals surface area contributed by atoms with E-state index in [1.807, 2.05) is 30.3 Å². The fourth-order valence-corrected chi connectivity index (χ4v) is 3.05. The number of hydrogen-bond acceptors (Lipinski definition) is 5. The van der Waals surface area contributed by atoms with E-state index in [1.165, 1.54) is 29.8 Å². The highest BCUT2D eigenvalue weighted by Crippen LogP contribution is 2.17. The lowest BCUT2D eigenvalue weighted by Gasteiger charge is -2.11. The highest BCUT2D eigenvalue weighted by molar-refractivity contribution is 7.80. The molecule has 3 aromatic rings. The summed E-state index contributed by atoms with van der Waals surface area (Å²) in [5, 5.41) is 16.3. The molecule has 2 N–H and O–H groups in total. The number of nitro benzene ring substituents is 1. The maximum absolute atomic E-state index is 12.2. The first-order chi connectivity index (χ1) is 15.0. The SMILES string of the molecule is O=C(NC(=S)Nc1ccc(OCCCc2ccccc2)cc1)c1cccc([N+](=O)[O-])c1. The molecule has 0 aliphatic carbocycles. The van der Waals surface area contributed by atoms with Gasteiger partial charge in [-0.2, -0.15) is 0 Å². The van der Waals surface area contributed by atoms with Gasteiger partial charge in [0.1, 0.15) is 5.75 Å². The van der Waals surface area contributed by atoms with Gasteiger partial charge in [-0.3, -0.25) is 20.2 Å². The van der Waals surface area contributed by atoms with Gasteiger partial charge < -0.3 is 10.1 Å². The van der Waals surface area contributed by atoms with Gasteiger partial charge >= 0.3 is 0 Å². The number of anilines is 1. The minimum absolute atomic E-state index is 0.0908. The van der Waals surface area contributed by atoms with E-state index in [4.69, 9.17) is 17.0 Å². The normalized spacial score (nSPS) is 10.2. The van der Waals surface area contributed by atoms with Crippen LogP contribution < -0.4 is 15.4 Å². The quantitative estimate of drug-likeness (QED) is 0.230. The van der Waals surface area contributed by atoms with Gasteiger partial charge in [-0.15, -0.1) is 0 Å². The number of amides is 1.